The van der Waals surface area contributed by atoms with Crippen LogP contribution >= 0.6 is 0 Å². The van der Waals surface area contributed by atoms with Crippen LogP contribution in [0.4, 0.5) is 19.0 Å². The highest BCUT2D eigenvalue weighted by Crippen LogP contribution is 2.42. The molecule has 8 nitrogen and oxygen atoms in total. The standard InChI is InChI=1S/C21H22F3N7O/c22-14-1-2-15(25-8-14)11-30-13-21(7-19(30)32)3-5-29(6-4-21)18-10-26-16-9-27-31(12-17(23)24)20(16)28-18/h1-2,8-10,17H,3-7,11-13H2. The van der Waals surface area contributed by atoms with E-state index in [0.717, 1.165) is 19.0 Å². The van der Waals surface area contributed by atoms with Gasteiger partial charge in [0.2, 0.25) is 5.91 Å². The molecule has 0 unspecified atom stereocenters. The number of alkyl halides is 2. The smallest absolute Gasteiger partial charge is 0.258 e. The Morgan fingerprint density at radius 1 is 1.09 bits per heavy atom. The highest BCUT2D eigenvalue weighted by atomic mass is 19.3. The second-order valence-corrected chi connectivity index (χ2v) is 8.54. The van der Waals surface area contributed by atoms with Crippen molar-refractivity contribution in [1.29, 1.82) is 0 Å². The molecule has 2 aliphatic heterocycles. The average Bonchev–Trinajstić information content (AvgIpc) is 3.30. The summed E-state index contributed by atoms with van der Waals surface area (Å²) in [6.07, 6.45) is 3.81. The van der Waals surface area contributed by atoms with Crippen molar-refractivity contribution in [3.8, 4) is 0 Å². The summed E-state index contributed by atoms with van der Waals surface area (Å²) >= 11 is 0. The molecule has 0 aliphatic carbocycles. The van der Waals surface area contributed by atoms with Crippen molar-refractivity contribution in [3.05, 3.63) is 42.2 Å². The van der Waals surface area contributed by atoms with Gasteiger partial charge in [0, 0.05) is 31.5 Å². The second-order valence-electron chi connectivity index (χ2n) is 8.54. The van der Waals surface area contributed by atoms with Crippen LogP contribution in [-0.2, 0) is 17.9 Å². The van der Waals surface area contributed by atoms with Crippen LogP contribution in [0.25, 0.3) is 11.2 Å². The minimum absolute atomic E-state index is 0.0849. The van der Waals surface area contributed by atoms with E-state index in [4.69, 9.17) is 0 Å². The zero-order valence-corrected chi connectivity index (χ0v) is 17.3. The largest absolute Gasteiger partial charge is 0.355 e. The average molecular weight is 445 g/mol. The minimum atomic E-state index is -2.52. The van der Waals surface area contributed by atoms with Crippen LogP contribution in [0.5, 0.6) is 0 Å². The van der Waals surface area contributed by atoms with Crippen molar-refractivity contribution in [3.63, 3.8) is 0 Å². The number of rotatable bonds is 5. The van der Waals surface area contributed by atoms with E-state index in [1.807, 2.05) is 0 Å². The van der Waals surface area contributed by atoms with E-state index >= 15 is 0 Å². The summed E-state index contributed by atoms with van der Waals surface area (Å²) in [5, 5.41) is 3.96. The number of pyridine rings is 1. The van der Waals surface area contributed by atoms with E-state index in [0.29, 0.717) is 55.3 Å². The van der Waals surface area contributed by atoms with Gasteiger partial charge in [-0.25, -0.2) is 27.8 Å². The number of carbonyl (C=O) groups is 1. The highest BCUT2D eigenvalue weighted by Gasteiger charge is 2.45. The summed E-state index contributed by atoms with van der Waals surface area (Å²) in [6.45, 7) is 1.88. The Morgan fingerprint density at radius 2 is 1.91 bits per heavy atom. The maximum absolute atomic E-state index is 13.1. The number of halogens is 3. The number of anilines is 1. The molecule has 1 spiro atoms. The first-order valence-corrected chi connectivity index (χ1v) is 10.5. The first-order valence-electron chi connectivity index (χ1n) is 10.5. The lowest BCUT2D eigenvalue weighted by atomic mass is 9.77. The van der Waals surface area contributed by atoms with Gasteiger partial charge in [-0.1, -0.05) is 0 Å². The number of hydrogen-bond acceptors (Lipinski definition) is 6. The molecule has 2 fully saturated rings. The molecule has 5 rings (SSSR count). The number of carbonyl (C=O) groups excluding carboxylic acids is 1. The predicted molar refractivity (Wildman–Crippen MR) is 109 cm³/mol. The van der Waals surface area contributed by atoms with Crippen molar-refractivity contribution in [1.82, 2.24) is 29.6 Å². The van der Waals surface area contributed by atoms with Crippen LogP contribution in [0.15, 0.2) is 30.7 Å². The molecule has 2 saturated heterocycles. The Bertz CT molecular complexity index is 1130. The van der Waals surface area contributed by atoms with Gasteiger partial charge in [0.1, 0.15) is 23.7 Å². The lowest BCUT2D eigenvalue weighted by Gasteiger charge is -2.39. The summed E-state index contributed by atoms with van der Waals surface area (Å²) in [5.41, 5.74) is 1.38. The molecule has 1 amide bonds. The third-order valence-electron chi connectivity index (χ3n) is 6.34. The first kappa shape index (κ1) is 20.7. The SMILES string of the molecule is O=C1CC2(CCN(c3cnc4cnn(CC(F)F)c4n3)CC2)CN1Cc1ccc(F)cn1. The minimum Gasteiger partial charge on any atom is -0.355 e. The molecule has 0 radical (unpaired) electrons. The van der Waals surface area contributed by atoms with Crippen LogP contribution in [0.1, 0.15) is 25.0 Å². The van der Waals surface area contributed by atoms with Crippen LogP contribution < -0.4 is 4.90 Å². The van der Waals surface area contributed by atoms with Gasteiger partial charge in [0.05, 0.1) is 30.8 Å². The van der Waals surface area contributed by atoms with E-state index in [2.05, 4.69) is 25.0 Å². The number of hydrogen-bond donors (Lipinski definition) is 0. The predicted octanol–water partition coefficient (Wildman–Crippen LogP) is 2.64. The Hall–Kier alpha value is -3.24. The third-order valence-corrected chi connectivity index (χ3v) is 6.34. The van der Waals surface area contributed by atoms with Crippen LogP contribution in [0.2, 0.25) is 0 Å². The van der Waals surface area contributed by atoms with E-state index < -0.39 is 18.8 Å². The maximum Gasteiger partial charge on any atom is 0.258 e. The quantitative estimate of drug-likeness (QED) is 0.601. The van der Waals surface area contributed by atoms with Crippen molar-refractivity contribution >= 4 is 22.9 Å². The zero-order chi connectivity index (χ0) is 22.3. The molecule has 2 aliphatic rings. The summed E-state index contributed by atoms with van der Waals surface area (Å²) in [5.74, 6) is 0.311. The monoisotopic (exact) mass is 445 g/mol. The number of piperidine rings is 1. The van der Waals surface area contributed by atoms with Crippen molar-refractivity contribution in [2.45, 2.75) is 38.8 Å². The number of amides is 1. The van der Waals surface area contributed by atoms with Gasteiger partial charge in [-0.15, -0.1) is 0 Å². The van der Waals surface area contributed by atoms with E-state index in [1.165, 1.54) is 16.9 Å². The fourth-order valence-electron chi connectivity index (χ4n) is 4.62. The van der Waals surface area contributed by atoms with E-state index in [9.17, 15) is 18.0 Å². The Labute approximate surface area is 182 Å². The number of fused-ring (bicyclic) bond motifs is 1. The van der Waals surface area contributed by atoms with Gasteiger partial charge in [0.25, 0.3) is 6.43 Å². The first-order chi connectivity index (χ1) is 15.4. The number of likely N-dealkylation sites (tertiary alicyclic amines) is 1. The molecular weight excluding hydrogens is 423 g/mol. The summed E-state index contributed by atoms with van der Waals surface area (Å²) < 4.78 is 39.9. The molecule has 0 saturated carbocycles. The Kier molecular flexibility index (Phi) is 5.18. The fraction of sp³-hybridized carbons (Fsp3) is 0.476. The molecule has 0 aromatic carbocycles. The van der Waals surface area contributed by atoms with Crippen molar-refractivity contribution < 1.29 is 18.0 Å². The molecule has 0 bridgehead atoms. The topological polar surface area (TPSA) is 80.0 Å². The lowest BCUT2D eigenvalue weighted by molar-refractivity contribution is -0.128. The fourth-order valence-corrected chi connectivity index (χ4v) is 4.62. The molecule has 3 aromatic rings. The van der Waals surface area contributed by atoms with Gasteiger partial charge < -0.3 is 9.80 Å². The molecule has 3 aromatic heterocycles. The zero-order valence-electron chi connectivity index (χ0n) is 17.3. The lowest BCUT2D eigenvalue weighted by Crippen LogP contribution is -2.42. The molecule has 11 heteroatoms. The van der Waals surface area contributed by atoms with Gasteiger partial charge in [-0.05, 0) is 25.0 Å². The normalized spacial score (nSPS) is 18.4. The van der Waals surface area contributed by atoms with Crippen molar-refractivity contribution in [2.75, 3.05) is 24.5 Å². The molecule has 0 atom stereocenters. The van der Waals surface area contributed by atoms with Gasteiger partial charge >= 0.3 is 0 Å². The third kappa shape index (κ3) is 3.98. The summed E-state index contributed by atoms with van der Waals surface area (Å²) in [6, 6.07) is 2.95. The summed E-state index contributed by atoms with van der Waals surface area (Å²) in [7, 11) is 0. The maximum atomic E-state index is 13.1. The molecule has 32 heavy (non-hydrogen) atoms. The Balaban J connectivity index is 1.25. The van der Waals surface area contributed by atoms with Crippen LogP contribution in [-0.4, -0.2) is 61.6 Å². The molecule has 168 valence electrons. The van der Waals surface area contributed by atoms with E-state index in [-0.39, 0.29) is 11.3 Å². The van der Waals surface area contributed by atoms with Crippen molar-refractivity contribution in [2.24, 2.45) is 5.41 Å². The molecule has 0 N–H and O–H groups in total. The highest BCUT2D eigenvalue weighted by molar-refractivity contribution is 5.79. The van der Waals surface area contributed by atoms with Gasteiger partial charge in [-0.3, -0.25) is 9.78 Å². The summed E-state index contributed by atoms with van der Waals surface area (Å²) in [4.78, 5) is 29.4. The molecular formula is C21H22F3N7O. The van der Waals surface area contributed by atoms with Gasteiger partial charge in [-0.2, -0.15) is 5.10 Å². The molecule has 5 heterocycles. The van der Waals surface area contributed by atoms with Gasteiger partial charge in [0.15, 0.2) is 5.65 Å². The second kappa shape index (κ2) is 8.03. The number of nitrogens with zero attached hydrogens (tertiary/aromatic N) is 7. The van der Waals surface area contributed by atoms with E-state index in [1.54, 1.807) is 17.2 Å². The Morgan fingerprint density at radius 3 is 2.62 bits per heavy atom. The van der Waals surface area contributed by atoms with Crippen LogP contribution in [0.3, 0.4) is 0 Å². The number of aromatic nitrogens is 5. The van der Waals surface area contributed by atoms with Crippen LogP contribution in [0, 0.1) is 11.2 Å².